The van der Waals surface area contributed by atoms with E-state index >= 15 is 0 Å². The van der Waals surface area contributed by atoms with Crippen LogP contribution in [0.1, 0.15) is 15.2 Å². The third kappa shape index (κ3) is 3.02. The van der Waals surface area contributed by atoms with Crippen LogP contribution in [0.3, 0.4) is 0 Å². The van der Waals surface area contributed by atoms with E-state index in [1.165, 1.54) is 30.3 Å². The number of alkyl halides is 3. The smallest absolute Gasteiger partial charge is 0.425 e. The van der Waals surface area contributed by atoms with E-state index in [2.05, 4.69) is 4.85 Å². The number of nitrogens with zero attached hydrogens (tertiary/aromatic N) is 1. The van der Waals surface area contributed by atoms with Crippen molar-refractivity contribution in [3.63, 3.8) is 0 Å². The molecule has 0 unspecified atom stereocenters. The highest BCUT2D eigenvalue weighted by atomic mass is 32.1. The van der Waals surface area contributed by atoms with Crippen molar-refractivity contribution < 1.29 is 28.2 Å². The zero-order chi connectivity index (χ0) is 18.4. The first-order valence-corrected chi connectivity index (χ1v) is 7.61. The van der Waals surface area contributed by atoms with Gasteiger partial charge in [0.15, 0.2) is 5.69 Å². The summed E-state index contributed by atoms with van der Waals surface area (Å²) in [5, 5.41) is 19.1. The number of halogens is 3. The van der Waals surface area contributed by atoms with Crippen molar-refractivity contribution >= 4 is 33.1 Å². The standard InChI is InChI=1S/C17H8F3NO3S/c1-21-10-4-9-6-14(17(18,19)20)25-15(9)12(7-10)8-2-3-11(16(23)24)13(22)5-8/h2-7,22H,(H,23,24). The number of phenols is 1. The molecular formula is C17H8F3NO3S. The third-order valence-electron chi connectivity index (χ3n) is 3.55. The van der Waals surface area contributed by atoms with E-state index in [4.69, 9.17) is 11.7 Å². The first-order valence-electron chi connectivity index (χ1n) is 6.79. The van der Waals surface area contributed by atoms with Crippen LogP contribution >= 0.6 is 11.3 Å². The number of hydrogen-bond acceptors (Lipinski definition) is 3. The van der Waals surface area contributed by atoms with Crippen LogP contribution in [0, 0.1) is 6.57 Å². The maximum Gasteiger partial charge on any atom is 0.425 e. The molecule has 0 bridgehead atoms. The largest absolute Gasteiger partial charge is 0.507 e. The minimum Gasteiger partial charge on any atom is -0.507 e. The number of carboxylic acids is 1. The van der Waals surface area contributed by atoms with Crippen LogP contribution < -0.4 is 0 Å². The Morgan fingerprint density at radius 3 is 2.44 bits per heavy atom. The van der Waals surface area contributed by atoms with Crippen LogP contribution in [-0.2, 0) is 6.18 Å². The van der Waals surface area contributed by atoms with E-state index in [0.717, 1.165) is 6.07 Å². The van der Waals surface area contributed by atoms with Gasteiger partial charge in [0.05, 0.1) is 6.57 Å². The quantitative estimate of drug-likeness (QED) is 0.588. The van der Waals surface area contributed by atoms with Gasteiger partial charge < -0.3 is 10.2 Å². The number of carbonyl (C=O) groups is 1. The molecule has 1 heterocycles. The maximum absolute atomic E-state index is 13.0. The summed E-state index contributed by atoms with van der Waals surface area (Å²) in [5.74, 6) is -1.82. The number of aromatic hydroxyl groups is 1. The van der Waals surface area contributed by atoms with E-state index in [1.54, 1.807) is 0 Å². The monoisotopic (exact) mass is 363 g/mol. The number of thiophene rings is 1. The highest BCUT2D eigenvalue weighted by molar-refractivity contribution is 7.19. The Labute approximate surface area is 143 Å². The van der Waals surface area contributed by atoms with Gasteiger partial charge in [-0.2, -0.15) is 13.2 Å². The normalized spacial score (nSPS) is 11.4. The van der Waals surface area contributed by atoms with Crippen molar-refractivity contribution in [1.29, 1.82) is 0 Å². The molecule has 1 aromatic heterocycles. The first kappa shape index (κ1) is 16.8. The van der Waals surface area contributed by atoms with Crippen molar-refractivity contribution in [2.75, 3.05) is 0 Å². The topological polar surface area (TPSA) is 61.9 Å². The number of aromatic carboxylic acids is 1. The average Bonchev–Trinajstić information content (AvgIpc) is 2.97. The third-order valence-corrected chi connectivity index (χ3v) is 4.78. The molecule has 0 aliphatic heterocycles. The second-order valence-corrected chi connectivity index (χ2v) is 6.22. The minimum atomic E-state index is -4.51. The van der Waals surface area contributed by atoms with Gasteiger partial charge in [-0.3, -0.25) is 0 Å². The van der Waals surface area contributed by atoms with Gasteiger partial charge in [0, 0.05) is 4.70 Å². The molecule has 0 aliphatic carbocycles. The van der Waals surface area contributed by atoms with Gasteiger partial charge in [0.2, 0.25) is 0 Å². The molecule has 3 rings (SSSR count). The molecule has 2 N–H and O–H groups in total. The Morgan fingerprint density at radius 2 is 1.88 bits per heavy atom. The van der Waals surface area contributed by atoms with Gasteiger partial charge >= 0.3 is 12.1 Å². The highest BCUT2D eigenvalue weighted by Gasteiger charge is 2.33. The predicted octanol–water partition coefficient (Wildman–Crippen LogP) is 5.54. The Bertz CT molecular complexity index is 1050. The van der Waals surface area contributed by atoms with Crippen molar-refractivity contribution in [3.8, 4) is 16.9 Å². The molecule has 0 saturated heterocycles. The Hall–Kier alpha value is -3.05. The molecule has 25 heavy (non-hydrogen) atoms. The number of fused-ring (bicyclic) bond motifs is 1. The SMILES string of the molecule is [C-]#[N+]c1cc(-c2ccc(C(=O)O)c(O)c2)c2sc(C(F)(F)F)cc2c1. The van der Waals surface area contributed by atoms with E-state index in [9.17, 15) is 23.1 Å². The van der Waals surface area contributed by atoms with Crippen LogP contribution in [0.2, 0.25) is 0 Å². The molecule has 0 atom stereocenters. The molecule has 2 aromatic carbocycles. The fourth-order valence-corrected chi connectivity index (χ4v) is 3.48. The number of benzene rings is 2. The molecule has 0 saturated carbocycles. The summed E-state index contributed by atoms with van der Waals surface area (Å²) in [6.45, 7) is 7.12. The van der Waals surface area contributed by atoms with Crippen LogP contribution in [0.25, 0.3) is 26.1 Å². The lowest BCUT2D eigenvalue weighted by molar-refractivity contribution is -0.134. The van der Waals surface area contributed by atoms with Gasteiger partial charge in [-0.25, -0.2) is 9.64 Å². The van der Waals surface area contributed by atoms with Gasteiger partial charge in [-0.05, 0) is 46.8 Å². The van der Waals surface area contributed by atoms with Crippen LogP contribution in [-0.4, -0.2) is 16.2 Å². The van der Waals surface area contributed by atoms with Gasteiger partial charge in [-0.1, -0.05) is 6.07 Å². The summed E-state index contributed by atoms with van der Waals surface area (Å²) >= 11 is 0.535. The Morgan fingerprint density at radius 1 is 1.16 bits per heavy atom. The first-order chi connectivity index (χ1) is 11.7. The van der Waals surface area contributed by atoms with E-state index in [0.29, 0.717) is 27.2 Å². The zero-order valence-electron chi connectivity index (χ0n) is 12.3. The highest BCUT2D eigenvalue weighted by Crippen LogP contribution is 2.44. The van der Waals surface area contributed by atoms with Crippen LogP contribution in [0.4, 0.5) is 18.9 Å². The minimum absolute atomic E-state index is 0.149. The molecule has 0 spiro atoms. The van der Waals surface area contributed by atoms with Crippen LogP contribution in [0.15, 0.2) is 36.4 Å². The van der Waals surface area contributed by atoms with E-state index < -0.39 is 22.8 Å². The average molecular weight is 363 g/mol. The summed E-state index contributed by atoms with van der Waals surface area (Å²) < 4.78 is 39.3. The van der Waals surface area contributed by atoms with Gasteiger partial charge in [0.1, 0.15) is 16.2 Å². The number of rotatable bonds is 2. The van der Waals surface area contributed by atoms with E-state index in [1.807, 2.05) is 0 Å². The van der Waals surface area contributed by atoms with Gasteiger partial charge in [-0.15, -0.1) is 11.3 Å². The fourth-order valence-electron chi connectivity index (χ4n) is 2.44. The molecule has 3 aromatic rings. The van der Waals surface area contributed by atoms with Crippen molar-refractivity contribution in [3.05, 3.63) is 58.3 Å². The Balaban J connectivity index is 2.28. The Kier molecular flexibility index (Phi) is 3.89. The summed E-state index contributed by atoms with van der Waals surface area (Å²) in [4.78, 5) is 13.4. The molecule has 126 valence electrons. The molecule has 4 nitrogen and oxygen atoms in total. The molecule has 8 heteroatoms. The molecule has 0 amide bonds. The summed E-state index contributed by atoms with van der Waals surface area (Å²) in [7, 11) is 0. The molecular weight excluding hydrogens is 355 g/mol. The van der Waals surface area contributed by atoms with Crippen molar-refractivity contribution in [1.82, 2.24) is 0 Å². The lowest BCUT2D eigenvalue weighted by Crippen LogP contribution is -2.00. The van der Waals surface area contributed by atoms with Crippen molar-refractivity contribution in [2.24, 2.45) is 0 Å². The van der Waals surface area contributed by atoms with E-state index in [-0.39, 0.29) is 16.6 Å². The molecule has 0 aliphatic rings. The van der Waals surface area contributed by atoms with Crippen molar-refractivity contribution in [2.45, 2.75) is 6.18 Å². The lowest BCUT2D eigenvalue weighted by atomic mass is 10.0. The number of hydrogen-bond donors (Lipinski definition) is 2. The van der Waals surface area contributed by atoms with Gasteiger partial charge in [0.25, 0.3) is 0 Å². The summed E-state index contributed by atoms with van der Waals surface area (Å²) in [5.41, 5.74) is 0.490. The molecule has 0 fully saturated rings. The van der Waals surface area contributed by atoms with Crippen LogP contribution in [0.5, 0.6) is 5.75 Å². The number of carboxylic acid groups (broad SMARTS) is 1. The summed E-state index contributed by atoms with van der Waals surface area (Å²) in [6, 6.07) is 7.48. The molecule has 0 radical (unpaired) electrons. The zero-order valence-corrected chi connectivity index (χ0v) is 13.1. The fraction of sp³-hybridized carbons (Fsp3) is 0.0588. The summed E-state index contributed by atoms with van der Waals surface area (Å²) in [6.07, 6.45) is -4.51. The lowest BCUT2D eigenvalue weighted by Gasteiger charge is -2.07. The second kappa shape index (κ2) is 5.79. The maximum atomic E-state index is 13.0. The second-order valence-electron chi connectivity index (χ2n) is 5.17. The predicted molar refractivity (Wildman–Crippen MR) is 87.1 cm³/mol.